The fraction of sp³-hybridized carbons (Fsp3) is 0.350. The van der Waals surface area contributed by atoms with Crippen molar-refractivity contribution in [3.05, 3.63) is 46.2 Å². The van der Waals surface area contributed by atoms with Crippen LogP contribution >= 0.6 is 11.3 Å². The number of anilines is 1. The number of carbonyl (C=O) groups is 1. The number of nitrogens with zero attached hydrogens (tertiary/aromatic N) is 1. The number of amides is 1. The van der Waals surface area contributed by atoms with Crippen molar-refractivity contribution in [3.63, 3.8) is 0 Å². The minimum Gasteiger partial charge on any atom is -0.492 e. The summed E-state index contributed by atoms with van der Waals surface area (Å²) >= 11 is 1.59. The zero-order chi connectivity index (χ0) is 20.7. The van der Waals surface area contributed by atoms with Gasteiger partial charge in [0.2, 0.25) is 15.9 Å². The molecule has 2 rings (SSSR count). The van der Waals surface area contributed by atoms with E-state index in [4.69, 9.17) is 4.74 Å². The summed E-state index contributed by atoms with van der Waals surface area (Å²) in [6.07, 6.45) is 3.16. The van der Waals surface area contributed by atoms with Gasteiger partial charge in [-0.25, -0.2) is 8.42 Å². The van der Waals surface area contributed by atoms with E-state index in [1.165, 1.54) is 16.4 Å². The average Bonchev–Trinajstić information content (AvgIpc) is 3.07. The summed E-state index contributed by atoms with van der Waals surface area (Å²) in [4.78, 5) is 14.4. The molecule has 0 aliphatic heterocycles. The first-order chi connectivity index (χ1) is 13.3. The molecule has 28 heavy (non-hydrogen) atoms. The summed E-state index contributed by atoms with van der Waals surface area (Å²) in [6, 6.07) is 8.57. The van der Waals surface area contributed by atoms with Crippen molar-refractivity contribution in [1.29, 1.82) is 0 Å². The van der Waals surface area contributed by atoms with Gasteiger partial charge in [-0.2, -0.15) is 4.31 Å². The van der Waals surface area contributed by atoms with Crippen LogP contribution in [-0.4, -0.2) is 38.3 Å². The highest BCUT2D eigenvalue weighted by Crippen LogP contribution is 2.30. The molecule has 0 bridgehead atoms. The molecule has 0 fully saturated rings. The van der Waals surface area contributed by atoms with Crippen LogP contribution in [0, 0.1) is 6.92 Å². The fourth-order valence-corrected chi connectivity index (χ4v) is 5.04. The normalized spacial score (nSPS) is 11.9. The SMILES string of the molecule is CCOc1ccc(NC(=O)/C=C/c2ccc(C)s2)cc1S(=O)(=O)N(CC)CC. The maximum Gasteiger partial charge on any atom is 0.248 e. The lowest BCUT2D eigenvalue weighted by Gasteiger charge is -2.21. The van der Waals surface area contributed by atoms with E-state index in [2.05, 4.69) is 5.32 Å². The van der Waals surface area contributed by atoms with E-state index in [1.807, 2.05) is 19.1 Å². The molecule has 0 saturated carbocycles. The molecular formula is C20H26N2O4S2. The maximum atomic E-state index is 13.0. The Morgan fingerprint density at radius 2 is 1.89 bits per heavy atom. The first-order valence-corrected chi connectivity index (χ1v) is 11.4. The van der Waals surface area contributed by atoms with Gasteiger partial charge < -0.3 is 10.1 Å². The summed E-state index contributed by atoms with van der Waals surface area (Å²) in [5, 5.41) is 2.72. The standard InChI is InChI=1S/C20H26N2O4S2/c1-5-22(6-2)28(24,25)19-14-16(9-12-18(19)26-7-3)21-20(23)13-11-17-10-8-15(4)27-17/h8-14H,5-7H2,1-4H3,(H,21,23)/b13-11+. The van der Waals surface area contributed by atoms with Crippen LogP contribution in [0.2, 0.25) is 0 Å². The third-order valence-corrected chi connectivity index (χ3v) is 7.03. The molecule has 6 nitrogen and oxygen atoms in total. The molecule has 0 atom stereocenters. The second-order valence-electron chi connectivity index (χ2n) is 5.95. The Bertz CT molecular complexity index is 945. The van der Waals surface area contributed by atoms with E-state index in [9.17, 15) is 13.2 Å². The Morgan fingerprint density at radius 1 is 1.18 bits per heavy atom. The van der Waals surface area contributed by atoms with E-state index in [0.717, 1.165) is 9.75 Å². The highest BCUT2D eigenvalue weighted by atomic mass is 32.2. The molecule has 0 radical (unpaired) electrons. The second kappa shape index (κ2) is 9.86. The predicted molar refractivity (Wildman–Crippen MR) is 114 cm³/mol. The van der Waals surface area contributed by atoms with Gasteiger partial charge in [0.1, 0.15) is 10.6 Å². The van der Waals surface area contributed by atoms with Crippen molar-refractivity contribution >= 4 is 39.0 Å². The molecule has 0 saturated heterocycles. The lowest BCUT2D eigenvalue weighted by Crippen LogP contribution is -2.31. The fourth-order valence-electron chi connectivity index (χ4n) is 2.65. The Hall–Kier alpha value is -2.16. The monoisotopic (exact) mass is 422 g/mol. The van der Waals surface area contributed by atoms with Crippen molar-refractivity contribution in [2.45, 2.75) is 32.6 Å². The zero-order valence-corrected chi connectivity index (χ0v) is 18.2. The summed E-state index contributed by atoms with van der Waals surface area (Å²) in [5.41, 5.74) is 0.395. The Morgan fingerprint density at radius 3 is 2.46 bits per heavy atom. The number of ether oxygens (including phenoxy) is 1. The molecule has 1 N–H and O–H groups in total. The molecular weight excluding hydrogens is 396 g/mol. The van der Waals surface area contributed by atoms with Crippen molar-refractivity contribution in [2.24, 2.45) is 0 Å². The highest BCUT2D eigenvalue weighted by Gasteiger charge is 2.26. The number of benzene rings is 1. The average molecular weight is 423 g/mol. The van der Waals surface area contributed by atoms with Crippen LogP contribution in [0.25, 0.3) is 6.08 Å². The third kappa shape index (κ3) is 5.43. The summed E-state index contributed by atoms with van der Waals surface area (Å²) in [6.45, 7) is 8.40. The van der Waals surface area contributed by atoms with Gasteiger partial charge in [0.05, 0.1) is 6.61 Å². The van der Waals surface area contributed by atoms with Crippen LogP contribution in [0.5, 0.6) is 5.75 Å². The Labute approximate surface area is 170 Å². The van der Waals surface area contributed by atoms with Gasteiger partial charge >= 0.3 is 0 Å². The van der Waals surface area contributed by atoms with Crippen LogP contribution in [0.3, 0.4) is 0 Å². The number of hydrogen-bond donors (Lipinski definition) is 1. The summed E-state index contributed by atoms with van der Waals surface area (Å²) in [7, 11) is -3.72. The number of aryl methyl sites for hydroxylation is 1. The highest BCUT2D eigenvalue weighted by molar-refractivity contribution is 7.89. The number of rotatable bonds is 9. The first-order valence-electron chi connectivity index (χ1n) is 9.14. The van der Waals surface area contributed by atoms with Crippen molar-refractivity contribution in [3.8, 4) is 5.75 Å². The van der Waals surface area contributed by atoms with Gasteiger partial charge in [0, 0.05) is 34.6 Å². The molecule has 0 spiro atoms. The minimum absolute atomic E-state index is 0.0497. The van der Waals surface area contributed by atoms with E-state index in [-0.39, 0.29) is 16.6 Å². The molecule has 1 heterocycles. The maximum absolute atomic E-state index is 13.0. The second-order valence-corrected chi connectivity index (χ2v) is 9.18. The Balaban J connectivity index is 2.28. The molecule has 8 heteroatoms. The number of carbonyl (C=O) groups excluding carboxylic acids is 1. The first kappa shape index (κ1) is 22.1. The molecule has 1 aromatic heterocycles. The molecule has 2 aromatic rings. The van der Waals surface area contributed by atoms with Gasteiger partial charge in [-0.3, -0.25) is 4.79 Å². The van der Waals surface area contributed by atoms with Crippen LogP contribution in [0.15, 0.2) is 41.3 Å². The molecule has 1 aromatic carbocycles. The van der Waals surface area contributed by atoms with Gasteiger partial charge in [0.15, 0.2) is 0 Å². The van der Waals surface area contributed by atoms with Crippen LogP contribution in [0.1, 0.15) is 30.5 Å². The smallest absolute Gasteiger partial charge is 0.248 e. The van der Waals surface area contributed by atoms with Crippen LogP contribution in [-0.2, 0) is 14.8 Å². The number of sulfonamides is 1. The lowest BCUT2D eigenvalue weighted by atomic mass is 10.3. The topological polar surface area (TPSA) is 75.7 Å². The zero-order valence-electron chi connectivity index (χ0n) is 16.6. The quantitative estimate of drug-likeness (QED) is 0.616. The molecule has 152 valence electrons. The minimum atomic E-state index is -3.72. The van der Waals surface area contributed by atoms with Crippen molar-refractivity contribution in [1.82, 2.24) is 4.31 Å². The van der Waals surface area contributed by atoms with Crippen molar-refractivity contribution in [2.75, 3.05) is 25.0 Å². The predicted octanol–water partition coefficient (Wildman–Crippen LogP) is 4.14. The van der Waals surface area contributed by atoms with Gasteiger partial charge in [-0.05, 0) is 50.3 Å². The van der Waals surface area contributed by atoms with E-state index >= 15 is 0 Å². The van der Waals surface area contributed by atoms with E-state index in [1.54, 1.807) is 50.3 Å². The van der Waals surface area contributed by atoms with E-state index < -0.39 is 10.0 Å². The molecule has 1 amide bonds. The number of nitrogens with one attached hydrogen (secondary N) is 1. The number of hydrogen-bond acceptors (Lipinski definition) is 5. The van der Waals surface area contributed by atoms with E-state index in [0.29, 0.717) is 25.4 Å². The van der Waals surface area contributed by atoms with Gasteiger partial charge in [0.25, 0.3) is 0 Å². The van der Waals surface area contributed by atoms with Crippen LogP contribution < -0.4 is 10.1 Å². The lowest BCUT2D eigenvalue weighted by molar-refractivity contribution is -0.111. The van der Waals surface area contributed by atoms with Gasteiger partial charge in [-0.15, -0.1) is 11.3 Å². The summed E-state index contributed by atoms with van der Waals surface area (Å²) < 4.78 is 32.8. The van der Waals surface area contributed by atoms with Gasteiger partial charge in [-0.1, -0.05) is 13.8 Å². The third-order valence-electron chi connectivity index (χ3n) is 3.99. The number of thiophene rings is 1. The largest absolute Gasteiger partial charge is 0.492 e. The molecule has 0 aliphatic carbocycles. The van der Waals surface area contributed by atoms with Crippen LogP contribution in [0.4, 0.5) is 5.69 Å². The molecule has 0 aliphatic rings. The summed E-state index contributed by atoms with van der Waals surface area (Å²) in [5.74, 6) is -0.0570. The molecule has 0 unspecified atom stereocenters. The Kier molecular flexibility index (Phi) is 7.79. The van der Waals surface area contributed by atoms with Crippen molar-refractivity contribution < 1.29 is 17.9 Å².